The number of unbranched alkanes of at least 4 members (excludes halogenated alkanes) is 2. The van der Waals surface area contributed by atoms with Gasteiger partial charge in [-0.1, -0.05) is 30.1 Å². The average Bonchev–Trinajstić information content (AvgIpc) is 3.21. The highest BCUT2D eigenvalue weighted by Crippen LogP contribution is 2.62. The summed E-state index contributed by atoms with van der Waals surface area (Å²) in [6.45, 7) is 4.42. The second-order valence-corrected chi connectivity index (χ2v) is 15.3. The number of ether oxygens (including phenoxy) is 5. The number of nitrogens with zero attached hydrogens (tertiary/aromatic N) is 2. The monoisotopic (exact) mass is 816 g/mol. The van der Waals surface area contributed by atoms with Gasteiger partial charge in [-0.05, 0) is 91.8 Å². The third-order valence-corrected chi connectivity index (χ3v) is 11.7. The molecule has 14 heteroatoms. The van der Waals surface area contributed by atoms with E-state index < -0.39 is 23.8 Å². The summed E-state index contributed by atoms with van der Waals surface area (Å²) < 4.78 is 32.0. The Morgan fingerprint density at radius 1 is 1.04 bits per heavy atom. The Labute approximate surface area is 339 Å². The van der Waals surface area contributed by atoms with Crippen molar-refractivity contribution in [3.63, 3.8) is 0 Å². The number of rotatable bonds is 23. The van der Waals surface area contributed by atoms with Crippen LogP contribution in [0.2, 0.25) is 0 Å². The molecule has 0 saturated heterocycles. The van der Waals surface area contributed by atoms with Gasteiger partial charge in [-0.3, -0.25) is 4.90 Å². The van der Waals surface area contributed by atoms with Crippen LogP contribution in [0.4, 0.5) is 4.79 Å². The molecule has 0 aromatic heterocycles. The molecule has 3 N–H and O–H groups in total. The van der Waals surface area contributed by atoms with Crippen molar-refractivity contribution in [3.8, 4) is 17.2 Å². The summed E-state index contributed by atoms with van der Waals surface area (Å²) in [4.78, 5) is 22.3. The highest BCUT2D eigenvalue weighted by atomic mass is 35.5. The van der Waals surface area contributed by atoms with Crippen LogP contribution in [0, 0.1) is 17.8 Å². The molecule has 0 bridgehead atoms. The number of aliphatic hydroxyl groups excluding tert-OH is 3. The normalized spacial score (nSPS) is 24.4. The fraction of sp³-hybridized carbons (Fsp3) is 0.571. The van der Waals surface area contributed by atoms with E-state index in [1.807, 2.05) is 42.7 Å². The summed E-state index contributed by atoms with van der Waals surface area (Å²) >= 11 is 7.65. The quantitative estimate of drug-likeness (QED) is 0.0345. The van der Waals surface area contributed by atoms with Crippen molar-refractivity contribution in [1.29, 1.82) is 0 Å². The molecule has 1 saturated carbocycles. The summed E-state index contributed by atoms with van der Waals surface area (Å²) in [6, 6.07) is 13.0. The molecule has 2 aromatic rings. The van der Waals surface area contributed by atoms with Gasteiger partial charge < -0.3 is 43.8 Å². The largest absolute Gasteiger partial charge is 0.459 e. The minimum Gasteiger partial charge on any atom is -0.459 e. The van der Waals surface area contributed by atoms with Crippen molar-refractivity contribution >= 4 is 35.2 Å². The number of oxime groups is 1. The van der Waals surface area contributed by atoms with Crippen LogP contribution < -0.4 is 9.47 Å². The fourth-order valence-electron chi connectivity index (χ4n) is 8.51. The molecule has 0 unspecified atom stereocenters. The first-order valence-electron chi connectivity index (χ1n) is 19.5. The fourth-order valence-corrected chi connectivity index (χ4v) is 9.00. The predicted octanol–water partition coefficient (Wildman–Crippen LogP) is 7.15. The lowest BCUT2D eigenvalue weighted by Gasteiger charge is -2.59. The Kier molecular flexibility index (Phi) is 17.2. The Morgan fingerprint density at radius 2 is 1.79 bits per heavy atom. The van der Waals surface area contributed by atoms with Gasteiger partial charge in [0.05, 0.1) is 43.9 Å². The van der Waals surface area contributed by atoms with Gasteiger partial charge in [0.1, 0.15) is 37.0 Å². The lowest BCUT2D eigenvalue weighted by Crippen LogP contribution is -2.70. The van der Waals surface area contributed by atoms with Gasteiger partial charge in [0.25, 0.3) is 0 Å². The van der Waals surface area contributed by atoms with Crippen LogP contribution in [0.15, 0.2) is 76.8 Å². The van der Waals surface area contributed by atoms with E-state index in [1.165, 1.54) is 7.11 Å². The smallest absolute Gasteiger partial charge is 0.410 e. The van der Waals surface area contributed by atoms with Gasteiger partial charge in [0.15, 0.2) is 0 Å². The third-order valence-electron chi connectivity index (χ3n) is 10.8. The van der Waals surface area contributed by atoms with Crippen LogP contribution in [-0.4, -0.2) is 116 Å². The zero-order valence-electron chi connectivity index (χ0n) is 32.5. The average molecular weight is 817 g/mol. The molecule has 0 radical (unpaired) electrons. The third kappa shape index (κ3) is 10.2. The van der Waals surface area contributed by atoms with Crippen molar-refractivity contribution in [2.45, 2.75) is 67.6 Å². The maximum absolute atomic E-state index is 14.1. The first kappa shape index (κ1) is 43.8. The summed E-state index contributed by atoms with van der Waals surface area (Å²) in [5.74, 6) is 0.0274. The summed E-state index contributed by atoms with van der Waals surface area (Å²) in [6.07, 6.45) is 10.1. The van der Waals surface area contributed by atoms with Gasteiger partial charge in [0, 0.05) is 42.6 Å². The predicted molar refractivity (Wildman–Crippen MR) is 217 cm³/mol. The maximum Gasteiger partial charge on any atom is 0.410 e. The molecule has 2 aliphatic carbocycles. The highest BCUT2D eigenvalue weighted by molar-refractivity contribution is 7.98. The van der Waals surface area contributed by atoms with E-state index >= 15 is 0 Å². The van der Waals surface area contributed by atoms with Gasteiger partial charge in [-0.2, -0.15) is 0 Å². The molecular formula is C42H57ClN2O10S. The van der Waals surface area contributed by atoms with Gasteiger partial charge in [0.2, 0.25) is 5.79 Å². The molecule has 0 spiro atoms. The minimum absolute atomic E-state index is 0.00717. The Morgan fingerprint density at radius 3 is 2.46 bits per heavy atom. The van der Waals surface area contributed by atoms with E-state index in [2.05, 4.69) is 23.9 Å². The number of alkyl halides is 1. The number of hydrogen-bond donors (Lipinski definition) is 3. The van der Waals surface area contributed by atoms with E-state index in [0.29, 0.717) is 35.8 Å². The molecule has 2 aromatic carbocycles. The standard InChI is InChI=1S/C42H57ClN2O10S/c1-4-22-53-42-38(45(18-24-51-25-21-48)41(49)52-23-17-43)28-36(44-50-2)34-26-29(9-5-7-19-46)33(10-6-8-20-47)39(40(34)42)35-27-31(13-16-37(35)55-42)54-30-11-14-32(56-3)15-12-30/h4,11-16,26-27,29,33,38-40,46-48H,1,5-10,17-25,28H2,2-3H3/t29-,33+,38-,39+,40+,42+/m0/s1. The van der Waals surface area contributed by atoms with Crippen LogP contribution in [0.5, 0.6) is 17.2 Å². The zero-order valence-corrected chi connectivity index (χ0v) is 34.1. The maximum atomic E-state index is 14.1. The number of thioether (sulfide) groups is 1. The van der Waals surface area contributed by atoms with Crippen LogP contribution >= 0.6 is 23.4 Å². The van der Waals surface area contributed by atoms with Crippen LogP contribution in [-0.2, 0) is 19.0 Å². The second kappa shape index (κ2) is 22.0. The SMILES string of the molecule is C=CCO[C@@]12Oc3ccc(Oc4ccc(SC)cc4)cc3[C@H]3[C@H](CCCCO)[C@@H](CCCCO)C=C(C(=NOC)C[C@@H]1N(CCOCCO)C(=O)OCCCl)[C@H]32. The lowest BCUT2D eigenvalue weighted by atomic mass is 9.55. The number of halogens is 1. The van der Waals surface area contributed by atoms with Crippen molar-refractivity contribution < 1.29 is 48.6 Å². The van der Waals surface area contributed by atoms with Crippen molar-refractivity contribution in [2.75, 3.05) is 72.0 Å². The zero-order chi connectivity index (χ0) is 39.9. The van der Waals surface area contributed by atoms with Crippen LogP contribution in [0.1, 0.15) is 56.4 Å². The molecule has 1 aliphatic heterocycles. The van der Waals surface area contributed by atoms with E-state index in [4.69, 9.17) is 40.1 Å². The van der Waals surface area contributed by atoms with E-state index in [9.17, 15) is 20.1 Å². The molecule has 5 rings (SSSR count). The second-order valence-electron chi connectivity index (χ2n) is 14.1. The molecule has 3 aliphatic rings. The molecular weight excluding hydrogens is 760 g/mol. The van der Waals surface area contributed by atoms with E-state index in [1.54, 1.807) is 22.7 Å². The number of fused-ring (bicyclic) bond motifs is 2. The van der Waals surface area contributed by atoms with Gasteiger partial charge >= 0.3 is 6.09 Å². The molecule has 56 heavy (non-hydrogen) atoms. The number of carbonyl (C=O) groups is 1. The Bertz CT molecular complexity index is 1630. The van der Waals surface area contributed by atoms with Crippen molar-refractivity contribution in [3.05, 3.63) is 72.3 Å². The van der Waals surface area contributed by atoms with Gasteiger partial charge in [-0.15, -0.1) is 29.9 Å². The molecule has 6 atom stereocenters. The Balaban J connectivity index is 1.73. The molecule has 1 heterocycles. The molecule has 1 fully saturated rings. The summed E-state index contributed by atoms with van der Waals surface area (Å²) in [5.41, 5.74) is 2.52. The first-order chi connectivity index (χ1) is 27.4. The lowest BCUT2D eigenvalue weighted by molar-refractivity contribution is -0.256. The van der Waals surface area contributed by atoms with Gasteiger partial charge in [-0.25, -0.2) is 4.79 Å². The van der Waals surface area contributed by atoms with Crippen LogP contribution in [0.25, 0.3) is 0 Å². The number of benzene rings is 2. The number of allylic oxidation sites excluding steroid dienone is 1. The van der Waals surface area contributed by atoms with Crippen LogP contribution in [0.3, 0.4) is 0 Å². The molecule has 1 amide bonds. The topological polar surface area (TPSA) is 149 Å². The van der Waals surface area contributed by atoms with E-state index in [0.717, 1.165) is 41.7 Å². The Hall–Kier alpha value is -3.30. The number of amides is 1. The number of aliphatic hydroxyl groups is 3. The molecule has 308 valence electrons. The number of hydrogen-bond acceptors (Lipinski definition) is 12. The molecule has 12 nitrogen and oxygen atoms in total. The summed E-state index contributed by atoms with van der Waals surface area (Å²) in [7, 11) is 1.51. The highest BCUT2D eigenvalue weighted by Gasteiger charge is 2.65. The summed E-state index contributed by atoms with van der Waals surface area (Å²) in [5, 5.41) is 33.7. The van der Waals surface area contributed by atoms with Crippen molar-refractivity contribution in [2.24, 2.45) is 22.9 Å². The van der Waals surface area contributed by atoms with E-state index in [-0.39, 0.29) is 82.8 Å². The first-order valence-corrected chi connectivity index (χ1v) is 21.3. The number of carbonyl (C=O) groups excluding carboxylic acids is 1. The van der Waals surface area contributed by atoms with Crippen molar-refractivity contribution in [1.82, 2.24) is 4.90 Å². The minimum atomic E-state index is -1.46.